The van der Waals surface area contributed by atoms with Crippen LogP contribution in [0, 0.1) is 12.8 Å². The number of nitrogens with zero attached hydrogens (tertiary/aromatic N) is 5. The Bertz CT molecular complexity index is 984. The summed E-state index contributed by atoms with van der Waals surface area (Å²) in [6.45, 7) is 6.14. The number of benzene rings is 1. The zero-order valence-electron chi connectivity index (χ0n) is 19.5. The summed E-state index contributed by atoms with van der Waals surface area (Å²) in [7, 11) is 3.89. The van der Waals surface area contributed by atoms with Gasteiger partial charge in [0.15, 0.2) is 0 Å². The van der Waals surface area contributed by atoms with Gasteiger partial charge in [-0.1, -0.05) is 11.6 Å². The van der Waals surface area contributed by atoms with Gasteiger partial charge in [0.25, 0.3) is 5.91 Å². The molecule has 2 aromatic rings. The highest BCUT2D eigenvalue weighted by molar-refractivity contribution is 6.30. The molecule has 1 aromatic carbocycles. The smallest absolute Gasteiger partial charge is 0.257 e. The largest absolute Gasteiger partial charge is 0.490 e. The number of aromatic nitrogens is 2. The maximum absolute atomic E-state index is 13.2. The minimum Gasteiger partial charge on any atom is -0.490 e. The molecule has 0 radical (unpaired) electrons. The van der Waals surface area contributed by atoms with Crippen molar-refractivity contribution in [2.45, 2.75) is 25.9 Å². The van der Waals surface area contributed by atoms with Gasteiger partial charge in [-0.2, -0.15) is 5.10 Å². The van der Waals surface area contributed by atoms with Crippen LogP contribution < -0.4 is 4.74 Å². The molecule has 0 unspecified atom stereocenters. The molecule has 0 saturated carbocycles. The van der Waals surface area contributed by atoms with Crippen LogP contribution in [-0.2, 0) is 11.8 Å². The second-order valence-corrected chi connectivity index (χ2v) is 9.54. The second kappa shape index (κ2) is 10.1. The Morgan fingerprint density at radius 2 is 1.76 bits per heavy atom. The van der Waals surface area contributed by atoms with E-state index in [2.05, 4.69) is 17.0 Å². The van der Waals surface area contributed by atoms with Crippen LogP contribution in [0.4, 0.5) is 0 Å². The van der Waals surface area contributed by atoms with E-state index in [0.29, 0.717) is 42.2 Å². The Balaban J connectivity index is 1.49. The molecule has 2 saturated heterocycles. The van der Waals surface area contributed by atoms with Crippen LogP contribution in [0.25, 0.3) is 0 Å². The van der Waals surface area contributed by atoms with Gasteiger partial charge in [0.2, 0.25) is 5.91 Å². The zero-order valence-corrected chi connectivity index (χ0v) is 20.3. The number of piperidine rings is 1. The molecule has 3 heterocycles. The molecule has 2 atom stereocenters. The lowest BCUT2D eigenvalue weighted by Gasteiger charge is -2.40. The molecule has 2 amide bonds. The number of rotatable bonds is 5. The fourth-order valence-corrected chi connectivity index (χ4v) is 4.75. The fraction of sp³-hybridized carbons (Fsp3) is 0.542. The number of halogens is 1. The first kappa shape index (κ1) is 23.6. The average molecular weight is 474 g/mol. The lowest BCUT2D eigenvalue weighted by Crippen LogP contribution is -2.51. The Labute approximate surface area is 200 Å². The van der Waals surface area contributed by atoms with Crippen molar-refractivity contribution in [1.82, 2.24) is 24.5 Å². The number of amides is 2. The molecular formula is C24H32ClN5O3. The SMILES string of the molecule is Cc1nn(C)cc1C(=O)N1CC[C@H](Oc2ccc(Cl)cc2)[C@@H](CC(=O)N2CCN(C)CC2)C1. The van der Waals surface area contributed by atoms with Gasteiger partial charge in [-0.05, 0) is 38.2 Å². The van der Waals surface area contributed by atoms with Gasteiger partial charge in [0.1, 0.15) is 11.9 Å². The van der Waals surface area contributed by atoms with Crippen molar-refractivity contribution in [2.24, 2.45) is 13.0 Å². The third kappa shape index (κ3) is 5.68. The molecule has 33 heavy (non-hydrogen) atoms. The number of aryl methyl sites for hydroxylation is 2. The summed E-state index contributed by atoms with van der Waals surface area (Å²) in [6.07, 6.45) is 2.63. The molecule has 0 N–H and O–H groups in total. The Kier molecular flexibility index (Phi) is 7.24. The summed E-state index contributed by atoms with van der Waals surface area (Å²) in [4.78, 5) is 32.4. The molecule has 2 aliphatic rings. The number of piperazine rings is 1. The highest BCUT2D eigenvalue weighted by Gasteiger charge is 2.36. The Hall–Kier alpha value is -2.58. The van der Waals surface area contributed by atoms with Gasteiger partial charge in [0, 0.05) is 76.3 Å². The number of hydrogen-bond donors (Lipinski definition) is 0. The van der Waals surface area contributed by atoms with E-state index in [4.69, 9.17) is 16.3 Å². The second-order valence-electron chi connectivity index (χ2n) is 9.10. The first-order valence-corrected chi connectivity index (χ1v) is 11.9. The summed E-state index contributed by atoms with van der Waals surface area (Å²) in [5.74, 6) is 0.721. The predicted octanol–water partition coefficient (Wildman–Crippen LogP) is 2.46. The van der Waals surface area contributed by atoms with E-state index in [0.717, 1.165) is 31.9 Å². The molecule has 8 nitrogen and oxygen atoms in total. The van der Waals surface area contributed by atoms with Crippen molar-refractivity contribution in [3.05, 3.63) is 46.7 Å². The molecule has 1 aromatic heterocycles. The van der Waals surface area contributed by atoms with Gasteiger partial charge in [-0.25, -0.2) is 0 Å². The number of ether oxygens (including phenoxy) is 1. The molecule has 0 spiro atoms. The maximum Gasteiger partial charge on any atom is 0.257 e. The van der Waals surface area contributed by atoms with E-state index < -0.39 is 0 Å². The molecule has 2 fully saturated rings. The number of likely N-dealkylation sites (N-methyl/N-ethyl adjacent to an activating group) is 1. The summed E-state index contributed by atoms with van der Waals surface area (Å²) in [5, 5.41) is 4.96. The van der Waals surface area contributed by atoms with Crippen LogP contribution in [0.2, 0.25) is 5.02 Å². The summed E-state index contributed by atoms with van der Waals surface area (Å²) in [6, 6.07) is 7.28. The molecule has 178 valence electrons. The molecule has 9 heteroatoms. The quantitative estimate of drug-likeness (QED) is 0.667. The van der Waals surface area contributed by atoms with Gasteiger partial charge in [0.05, 0.1) is 11.3 Å². The molecule has 2 aliphatic heterocycles. The van der Waals surface area contributed by atoms with Crippen LogP contribution >= 0.6 is 11.6 Å². The van der Waals surface area contributed by atoms with E-state index in [1.165, 1.54) is 0 Å². The molecular weight excluding hydrogens is 442 g/mol. The number of carbonyl (C=O) groups is 2. The minimum absolute atomic E-state index is 0.0393. The maximum atomic E-state index is 13.2. The van der Waals surface area contributed by atoms with Gasteiger partial charge < -0.3 is 19.4 Å². The Morgan fingerprint density at radius 1 is 1.06 bits per heavy atom. The van der Waals surface area contributed by atoms with Gasteiger partial charge in [-0.3, -0.25) is 14.3 Å². The van der Waals surface area contributed by atoms with Crippen molar-refractivity contribution < 1.29 is 14.3 Å². The van der Waals surface area contributed by atoms with Crippen molar-refractivity contribution in [1.29, 1.82) is 0 Å². The van der Waals surface area contributed by atoms with Crippen molar-refractivity contribution in [3.8, 4) is 5.75 Å². The predicted molar refractivity (Wildman–Crippen MR) is 127 cm³/mol. The highest BCUT2D eigenvalue weighted by atomic mass is 35.5. The molecule has 4 rings (SSSR count). The third-order valence-electron chi connectivity index (χ3n) is 6.59. The third-order valence-corrected chi connectivity index (χ3v) is 6.84. The van der Waals surface area contributed by atoms with Crippen molar-refractivity contribution >= 4 is 23.4 Å². The monoisotopic (exact) mass is 473 g/mol. The van der Waals surface area contributed by atoms with E-state index in [1.54, 1.807) is 23.0 Å². The first-order valence-electron chi connectivity index (χ1n) is 11.5. The van der Waals surface area contributed by atoms with Crippen LogP contribution in [0.1, 0.15) is 28.9 Å². The highest BCUT2D eigenvalue weighted by Crippen LogP contribution is 2.28. The van der Waals surface area contributed by atoms with E-state index in [-0.39, 0.29) is 23.8 Å². The van der Waals surface area contributed by atoms with Crippen molar-refractivity contribution in [3.63, 3.8) is 0 Å². The summed E-state index contributed by atoms with van der Waals surface area (Å²) >= 11 is 6.01. The van der Waals surface area contributed by atoms with Crippen LogP contribution in [0.5, 0.6) is 5.75 Å². The van der Waals surface area contributed by atoms with Crippen LogP contribution in [0.15, 0.2) is 30.5 Å². The molecule has 0 aliphatic carbocycles. The number of carbonyl (C=O) groups excluding carboxylic acids is 2. The summed E-state index contributed by atoms with van der Waals surface area (Å²) in [5.41, 5.74) is 1.32. The van der Waals surface area contributed by atoms with Crippen molar-refractivity contribution in [2.75, 3.05) is 46.3 Å². The van der Waals surface area contributed by atoms with Gasteiger partial charge in [-0.15, -0.1) is 0 Å². The lowest BCUT2D eigenvalue weighted by molar-refractivity contribution is -0.135. The minimum atomic E-state index is -0.151. The van der Waals surface area contributed by atoms with Gasteiger partial charge >= 0.3 is 0 Å². The fourth-order valence-electron chi connectivity index (χ4n) is 4.62. The zero-order chi connectivity index (χ0) is 23.5. The number of hydrogen-bond acceptors (Lipinski definition) is 5. The Morgan fingerprint density at radius 3 is 2.39 bits per heavy atom. The normalized spacial score (nSPS) is 21.8. The lowest BCUT2D eigenvalue weighted by atomic mass is 9.90. The standard InChI is InChI=1S/C24H32ClN5O3/c1-17-21(16-28(3)26-17)24(32)30-9-8-22(33-20-6-4-19(25)5-7-20)18(15-30)14-23(31)29-12-10-27(2)11-13-29/h4-7,16,18,22H,8-15H2,1-3H3/t18-,22-/m0/s1. The van der Waals surface area contributed by atoms with E-state index >= 15 is 0 Å². The average Bonchev–Trinajstić information content (AvgIpc) is 3.14. The molecule has 0 bridgehead atoms. The van der Waals surface area contributed by atoms with Crippen LogP contribution in [-0.4, -0.2) is 88.7 Å². The summed E-state index contributed by atoms with van der Waals surface area (Å²) < 4.78 is 7.96. The van der Waals surface area contributed by atoms with E-state index in [9.17, 15) is 9.59 Å². The topological polar surface area (TPSA) is 70.9 Å². The first-order chi connectivity index (χ1) is 15.8. The van der Waals surface area contributed by atoms with E-state index in [1.807, 2.05) is 35.9 Å². The number of likely N-dealkylation sites (tertiary alicyclic amines) is 1. The van der Waals surface area contributed by atoms with Crippen LogP contribution in [0.3, 0.4) is 0 Å².